The number of nitrogens with one attached hydrogen (secondary N) is 1. The zero-order valence-electron chi connectivity index (χ0n) is 8.11. The lowest BCUT2D eigenvalue weighted by atomic mass is 10.3. The van der Waals surface area contributed by atoms with Gasteiger partial charge in [-0.05, 0) is 18.2 Å². The van der Waals surface area contributed by atoms with Gasteiger partial charge in [-0.25, -0.2) is 4.39 Å². The van der Waals surface area contributed by atoms with Crippen LogP contribution in [0.5, 0.6) is 0 Å². The third kappa shape index (κ3) is 2.17. The number of benzene rings is 1. The standard InChI is InChI=1S/C10H8FN3O2/c11-6-2-1-3-7(4-6)13-9(15)8-5-16-10(12)14-8/h1-5H,(H2,12,14)(H,13,15). The number of carbonyl (C=O) groups excluding carboxylic acids is 1. The van der Waals surface area contributed by atoms with Gasteiger partial charge in [-0.15, -0.1) is 0 Å². The van der Waals surface area contributed by atoms with E-state index in [9.17, 15) is 9.18 Å². The molecule has 0 fully saturated rings. The summed E-state index contributed by atoms with van der Waals surface area (Å²) in [7, 11) is 0. The number of nitrogen functional groups attached to an aromatic ring is 1. The number of nitrogens with two attached hydrogens (primary N) is 1. The van der Waals surface area contributed by atoms with Crippen molar-refractivity contribution in [3.63, 3.8) is 0 Å². The fraction of sp³-hybridized carbons (Fsp3) is 0. The quantitative estimate of drug-likeness (QED) is 0.807. The average Bonchev–Trinajstić information content (AvgIpc) is 2.65. The van der Waals surface area contributed by atoms with E-state index in [1.165, 1.54) is 18.2 Å². The molecule has 0 radical (unpaired) electrons. The minimum atomic E-state index is -0.508. The Bertz CT molecular complexity index is 524. The minimum Gasteiger partial charge on any atom is -0.431 e. The van der Waals surface area contributed by atoms with Gasteiger partial charge in [-0.1, -0.05) is 6.07 Å². The summed E-state index contributed by atoms with van der Waals surface area (Å²) in [5, 5.41) is 2.46. The Labute approximate surface area is 90.1 Å². The zero-order chi connectivity index (χ0) is 11.5. The van der Waals surface area contributed by atoms with Crippen LogP contribution in [0.2, 0.25) is 0 Å². The lowest BCUT2D eigenvalue weighted by molar-refractivity contribution is 0.102. The van der Waals surface area contributed by atoms with Gasteiger partial charge < -0.3 is 15.5 Å². The van der Waals surface area contributed by atoms with Crippen molar-refractivity contribution in [2.75, 3.05) is 11.1 Å². The predicted molar refractivity (Wildman–Crippen MR) is 55.3 cm³/mol. The molecule has 1 heterocycles. The summed E-state index contributed by atoms with van der Waals surface area (Å²) in [4.78, 5) is 15.2. The number of aromatic nitrogens is 1. The van der Waals surface area contributed by atoms with E-state index in [0.29, 0.717) is 5.69 Å². The van der Waals surface area contributed by atoms with Gasteiger partial charge >= 0.3 is 0 Å². The average molecular weight is 221 g/mol. The molecule has 0 spiro atoms. The Kier molecular flexibility index (Phi) is 2.55. The SMILES string of the molecule is Nc1nc(C(=O)Nc2cccc(F)c2)co1. The Hall–Kier alpha value is -2.37. The number of carbonyl (C=O) groups is 1. The van der Waals surface area contributed by atoms with Crippen LogP contribution in [0.3, 0.4) is 0 Å². The van der Waals surface area contributed by atoms with Crippen LogP contribution in [-0.4, -0.2) is 10.9 Å². The molecule has 0 saturated heterocycles. The molecule has 0 aliphatic rings. The minimum absolute atomic E-state index is 0.0433. The van der Waals surface area contributed by atoms with Gasteiger partial charge in [0.2, 0.25) is 0 Å². The molecule has 2 rings (SSSR count). The van der Waals surface area contributed by atoms with E-state index in [-0.39, 0.29) is 11.7 Å². The topological polar surface area (TPSA) is 81.1 Å². The summed E-state index contributed by atoms with van der Waals surface area (Å²) < 4.78 is 17.5. The Balaban J connectivity index is 2.13. The van der Waals surface area contributed by atoms with E-state index < -0.39 is 11.7 Å². The Morgan fingerprint density at radius 2 is 2.31 bits per heavy atom. The summed E-state index contributed by atoms with van der Waals surface area (Å²) in [6.07, 6.45) is 1.13. The van der Waals surface area contributed by atoms with Gasteiger partial charge in [0, 0.05) is 5.69 Å². The molecule has 16 heavy (non-hydrogen) atoms. The lowest BCUT2D eigenvalue weighted by Gasteiger charge is -2.01. The van der Waals surface area contributed by atoms with E-state index in [2.05, 4.69) is 14.7 Å². The number of hydrogen-bond acceptors (Lipinski definition) is 4. The second-order valence-corrected chi connectivity index (χ2v) is 3.04. The van der Waals surface area contributed by atoms with Crippen molar-refractivity contribution in [3.8, 4) is 0 Å². The Morgan fingerprint density at radius 3 is 2.94 bits per heavy atom. The summed E-state index contributed by atoms with van der Waals surface area (Å²) in [6.45, 7) is 0. The predicted octanol–water partition coefficient (Wildman–Crippen LogP) is 1.65. The highest BCUT2D eigenvalue weighted by atomic mass is 19.1. The molecule has 0 unspecified atom stereocenters. The number of rotatable bonds is 2. The molecule has 5 nitrogen and oxygen atoms in total. The Morgan fingerprint density at radius 1 is 1.50 bits per heavy atom. The van der Waals surface area contributed by atoms with Crippen LogP contribution in [0, 0.1) is 5.82 Å². The molecule has 1 aromatic heterocycles. The largest absolute Gasteiger partial charge is 0.431 e. The summed E-state index contributed by atoms with van der Waals surface area (Å²) in [5.41, 5.74) is 5.60. The van der Waals surface area contributed by atoms with Crippen molar-refractivity contribution < 1.29 is 13.6 Å². The van der Waals surface area contributed by atoms with Crippen molar-refractivity contribution in [1.82, 2.24) is 4.98 Å². The number of amides is 1. The van der Waals surface area contributed by atoms with Gasteiger partial charge in [-0.3, -0.25) is 4.79 Å². The summed E-state index contributed by atoms with van der Waals surface area (Å²) in [6, 6.07) is 5.43. The first-order valence-corrected chi connectivity index (χ1v) is 4.43. The van der Waals surface area contributed by atoms with Crippen LogP contribution in [0.15, 0.2) is 34.9 Å². The molecule has 2 aromatic rings. The van der Waals surface area contributed by atoms with E-state index in [4.69, 9.17) is 5.73 Å². The van der Waals surface area contributed by atoms with Gasteiger partial charge in [0.25, 0.3) is 11.9 Å². The number of oxazole rings is 1. The highest BCUT2D eigenvalue weighted by Crippen LogP contribution is 2.11. The normalized spacial score (nSPS) is 10.1. The zero-order valence-corrected chi connectivity index (χ0v) is 8.11. The fourth-order valence-corrected chi connectivity index (χ4v) is 1.15. The van der Waals surface area contributed by atoms with E-state index in [1.807, 2.05) is 0 Å². The molecule has 3 N–H and O–H groups in total. The van der Waals surface area contributed by atoms with Crippen molar-refractivity contribution in [1.29, 1.82) is 0 Å². The number of hydrogen-bond donors (Lipinski definition) is 2. The number of halogens is 1. The smallest absolute Gasteiger partial charge is 0.292 e. The van der Waals surface area contributed by atoms with Crippen molar-refractivity contribution in [3.05, 3.63) is 42.0 Å². The monoisotopic (exact) mass is 221 g/mol. The highest BCUT2D eigenvalue weighted by molar-refractivity contribution is 6.02. The molecule has 0 atom stereocenters. The molecular weight excluding hydrogens is 213 g/mol. The van der Waals surface area contributed by atoms with Crippen LogP contribution in [0.4, 0.5) is 16.1 Å². The fourth-order valence-electron chi connectivity index (χ4n) is 1.15. The maximum Gasteiger partial charge on any atom is 0.292 e. The molecule has 0 aliphatic carbocycles. The van der Waals surface area contributed by atoms with Crippen LogP contribution in [-0.2, 0) is 0 Å². The maximum absolute atomic E-state index is 12.8. The third-order valence-electron chi connectivity index (χ3n) is 1.84. The molecule has 82 valence electrons. The lowest BCUT2D eigenvalue weighted by Crippen LogP contribution is -2.12. The van der Waals surface area contributed by atoms with Crippen LogP contribution in [0.25, 0.3) is 0 Å². The van der Waals surface area contributed by atoms with Crippen LogP contribution in [0.1, 0.15) is 10.5 Å². The van der Waals surface area contributed by atoms with Crippen molar-refractivity contribution >= 4 is 17.6 Å². The molecule has 6 heteroatoms. The molecule has 1 aromatic carbocycles. The molecular formula is C10H8FN3O2. The van der Waals surface area contributed by atoms with E-state index in [0.717, 1.165) is 6.26 Å². The van der Waals surface area contributed by atoms with Crippen LogP contribution >= 0.6 is 0 Å². The van der Waals surface area contributed by atoms with Crippen molar-refractivity contribution in [2.24, 2.45) is 0 Å². The van der Waals surface area contributed by atoms with Gasteiger partial charge in [-0.2, -0.15) is 4.98 Å². The number of nitrogens with zero attached hydrogens (tertiary/aromatic N) is 1. The maximum atomic E-state index is 12.8. The van der Waals surface area contributed by atoms with Gasteiger partial charge in [0.15, 0.2) is 5.69 Å². The van der Waals surface area contributed by atoms with Gasteiger partial charge in [0.05, 0.1) is 0 Å². The summed E-state index contributed by atoms with van der Waals surface area (Å²) >= 11 is 0. The first kappa shape index (κ1) is 10.2. The first-order chi connectivity index (χ1) is 7.65. The van der Waals surface area contributed by atoms with E-state index >= 15 is 0 Å². The molecule has 0 bridgehead atoms. The van der Waals surface area contributed by atoms with Gasteiger partial charge in [0.1, 0.15) is 12.1 Å². The second kappa shape index (κ2) is 4.01. The first-order valence-electron chi connectivity index (χ1n) is 4.43. The van der Waals surface area contributed by atoms with E-state index in [1.54, 1.807) is 6.07 Å². The molecule has 1 amide bonds. The third-order valence-corrected chi connectivity index (χ3v) is 1.84. The van der Waals surface area contributed by atoms with Crippen LogP contribution < -0.4 is 11.1 Å². The molecule has 0 saturated carbocycles. The molecule has 0 aliphatic heterocycles. The summed E-state index contributed by atoms with van der Waals surface area (Å²) in [5.74, 6) is -0.941. The highest BCUT2D eigenvalue weighted by Gasteiger charge is 2.11. The second-order valence-electron chi connectivity index (χ2n) is 3.04. The number of anilines is 2. The van der Waals surface area contributed by atoms with Crippen molar-refractivity contribution in [2.45, 2.75) is 0 Å².